The number of rotatable bonds is 11. The van der Waals surface area contributed by atoms with Crippen LogP contribution in [0.25, 0.3) is 0 Å². The molecule has 11 heteroatoms. The molecule has 0 fully saturated rings. The zero-order valence-electron chi connectivity index (χ0n) is 19.2. The van der Waals surface area contributed by atoms with Gasteiger partial charge in [-0.2, -0.15) is 0 Å². The van der Waals surface area contributed by atoms with E-state index < -0.39 is 21.9 Å². The molecule has 1 atom stereocenters. The number of hydrogen-bond acceptors (Lipinski definition) is 4. The van der Waals surface area contributed by atoms with E-state index in [1.807, 2.05) is 0 Å². The van der Waals surface area contributed by atoms with E-state index in [2.05, 4.69) is 5.32 Å². The van der Waals surface area contributed by atoms with Crippen LogP contribution < -0.4 is 9.62 Å². The summed E-state index contributed by atoms with van der Waals surface area (Å²) in [5, 5.41) is 3.50. The number of sulfonamides is 1. The fourth-order valence-electron chi connectivity index (χ4n) is 3.37. The first kappa shape index (κ1) is 27.9. The molecule has 0 aliphatic rings. The number of likely N-dealkylation sites (N-methyl/N-ethyl adjacent to an activating group) is 1. The van der Waals surface area contributed by atoms with Gasteiger partial charge in [0.05, 0.1) is 11.9 Å². The molecule has 1 N–H and O–H groups in total. The highest BCUT2D eigenvalue weighted by molar-refractivity contribution is 7.92. The number of para-hydroxylation sites is 1. The van der Waals surface area contributed by atoms with Crippen LogP contribution in [0.2, 0.25) is 10.0 Å². The summed E-state index contributed by atoms with van der Waals surface area (Å²) in [6.07, 6.45) is 1.04. The number of hydrogen-bond donors (Lipinski definition) is 1. The van der Waals surface area contributed by atoms with Crippen molar-refractivity contribution in [3.8, 4) is 0 Å². The van der Waals surface area contributed by atoms with Gasteiger partial charge in [-0.3, -0.25) is 13.9 Å². The molecule has 186 valence electrons. The van der Waals surface area contributed by atoms with E-state index in [1.165, 1.54) is 29.2 Å². The Morgan fingerprint density at radius 1 is 1.15 bits per heavy atom. The maximum Gasteiger partial charge on any atom is 0.242 e. The summed E-state index contributed by atoms with van der Waals surface area (Å²) in [6.45, 7) is 3.75. The van der Waals surface area contributed by atoms with Gasteiger partial charge in [-0.15, -0.1) is 0 Å². The Morgan fingerprint density at radius 3 is 2.41 bits per heavy atom. The maximum atomic E-state index is 14.2. The second-order valence-corrected chi connectivity index (χ2v) is 10.5. The molecular formula is C23H28Cl2FN3O4S. The molecule has 0 saturated carbocycles. The average molecular weight is 532 g/mol. The summed E-state index contributed by atoms with van der Waals surface area (Å²) < 4.78 is 39.7. The van der Waals surface area contributed by atoms with E-state index >= 15 is 0 Å². The lowest BCUT2D eigenvalue weighted by Crippen LogP contribution is -2.47. The van der Waals surface area contributed by atoms with Crippen LogP contribution in [-0.2, 0) is 26.2 Å². The number of carbonyl (C=O) groups excluding carboxylic acids is 2. The average Bonchev–Trinajstić information content (AvgIpc) is 2.75. The van der Waals surface area contributed by atoms with Crippen LogP contribution in [0.15, 0.2) is 42.5 Å². The van der Waals surface area contributed by atoms with Crippen molar-refractivity contribution in [1.82, 2.24) is 10.2 Å². The molecule has 0 radical (unpaired) electrons. The number of nitrogens with one attached hydrogen (secondary N) is 1. The molecule has 2 aromatic rings. The summed E-state index contributed by atoms with van der Waals surface area (Å²) in [5.41, 5.74) is 0.526. The SMILES string of the molecule is CCNC(=O)[C@@H](C)N(Cc1ccc(Cl)cc1Cl)C(=O)CCCN(c1ccccc1F)S(C)(=O)=O. The number of nitrogens with zero attached hydrogens (tertiary/aromatic N) is 2. The number of halogens is 3. The molecule has 0 heterocycles. The van der Waals surface area contributed by atoms with Crippen molar-refractivity contribution in [1.29, 1.82) is 0 Å². The molecule has 0 unspecified atom stereocenters. The monoisotopic (exact) mass is 531 g/mol. The van der Waals surface area contributed by atoms with Gasteiger partial charge in [-0.05, 0) is 50.1 Å². The lowest BCUT2D eigenvalue weighted by atomic mass is 10.1. The van der Waals surface area contributed by atoms with E-state index in [4.69, 9.17) is 23.2 Å². The molecule has 2 rings (SSSR count). The van der Waals surface area contributed by atoms with E-state index in [0.29, 0.717) is 22.2 Å². The highest BCUT2D eigenvalue weighted by atomic mass is 35.5. The van der Waals surface area contributed by atoms with Gasteiger partial charge in [0.2, 0.25) is 21.8 Å². The van der Waals surface area contributed by atoms with E-state index in [-0.39, 0.29) is 43.4 Å². The van der Waals surface area contributed by atoms with Crippen molar-refractivity contribution >= 4 is 50.7 Å². The maximum absolute atomic E-state index is 14.2. The Hall–Kier alpha value is -2.36. The fraction of sp³-hybridized carbons (Fsp3) is 0.391. The minimum Gasteiger partial charge on any atom is -0.355 e. The number of carbonyl (C=O) groups is 2. The minimum absolute atomic E-state index is 0.0601. The van der Waals surface area contributed by atoms with E-state index in [0.717, 1.165) is 10.6 Å². The van der Waals surface area contributed by atoms with Gasteiger partial charge >= 0.3 is 0 Å². The van der Waals surface area contributed by atoms with Crippen LogP contribution in [0.1, 0.15) is 32.3 Å². The number of benzene rings is 2. The molecule has 2 aromatic carbocycles. The van der Waals surface area contributed by atoms with Crippen molar-refractivity contribution in [2.24, 2.45) is 0 Å². The molecule has 0 bridgehead atoms. The molecular weight excluding hydrogens is 504 g/mol. The van der Waals surface area contributed by atoms with Crippen molar-refractivity contribution < 1.29 is 22.4 Å². The van der Waals surface area contributed by atoms with Crippen LogP contribution in [0.4, 0.5) is 10.1 Å². The number of amides is 2. The Kier molecular flexibility index (Phi) is 10.1. The third-order valence-electron chi connectivity index (χ3n) is 5.15. The Bertz CT molecular complexity index is 1130. The Morgan fingerprint density at radius 2 is 1.82 bits per heavy atom. The molecule has 2 amide bonds. The van der Waals surface area contributed by atoms with Crippen LogP contribution in [0.3, 0.4) is 0 Å². The second-order valence-electron chi connectivity index (χ2n) is 7.72. The molecule has 0 spiro atoms. The second kappa shape index (κ2) is 12.4. The lowest BCUT2D eigenvalue weighted by Gasteiger charge is -2.29. The molecule has 0 saturated heterocycles. The first-order chi connectivity index (χ1) is 16.0. The summed E-state index contributed by atoms with van der Waals surface area (Å²) in [4.78, 5) is 27.0. The molecule has 34 heavy (non-hydrogen) atoms. The van der Waals surface area contributed by atoms with Gasteiger partial charge in [0.25, 0.3) is 0 Å². The van der Waals surface area contributed by atoms with Crippen LogP contribution in [0.5, 0.6) is 0 Å². The van der Waals surface area contributed by atoms with Crippen molar-refractivity contribution in [3.63, 3.8) is 0 Å². The van der Waals surface area contributed by atoms with E-state index in [9.17, 15) is 22.4 Å². The van der Waals surface area contributed by atoms with Gasteiger partial charge < -0.3 is 10.2 Å². The quantitative estimate of drug-likeness (QED) is 0.469. The predicted molar refractivity (Wildman–Crippen MR) is 133 cm³/mol. The van der Waals surface area contributed by atoms with Crippen LogP contribution in [-0.4, -0.2) is 50.5 Å². The van der Waals surface area contributed by atoms with Crippen LogP contribution in [0, 0.1) is 5.82 Å². The largest absolute Gasteiger partial charge is 0.355 e. The molecule has 0 aliphatic heterocycles. The highest BCUT2D eigenvalue weighted by Gasteiger charge is 2.27. The van der Waals surface area contributed by atoms with Gasteiger partial charge in [0.1, 0.15) is 11.9 Å². The standard InChI is InChI=1S/C23H28Cl2FN3O4S/c1-4-27-23(31)16(2)28(15-17-11-12-18(24)14-19(17)25)22(30)10-7-13-29(34(3,32)33)21-9-6-5-8-20(21)26/h5-6,8-9,11-12,14,16H,4,7,10,13,15H2,1-3H3,(H,27,31)/t16-/m1/s1. The fourth-order valence-corrected chi connectivity index (χ4v) is 4.81. The Balaban J connectivity index is 2.20. The summed E-state index contributed by atoms with van der Waals surface area (Å²) in [5.74, 6) is -1.38. The topological polar surface area (TPSA) is 86.8 Å². The van der Waals surface area contributed by atoms with Crippen molar-refractivity contribution in [3.05, 3.63) is 63.9 Å². The summed E-state index contributed by atoms with van der Waals surface area (Å²) in [7, 11) is -3.78. The smallest absolute Gasteiger partial charge is 0.242 e. The van der Waals surface area contributed by atoms with Crippen molar-refractivity contribution in [2.45, 2.75) is 39.3 Å². The lowest BCUT2D eigenvalue weighted by molar-refractivity contribution is -0.140. The van der Waals surface area contributed by atoms with Gasteiger partial charge in [-0.25, -0.2) is 12.8 Å². The van der Waals surface area contributed by atoms with Gasteiger partial charge in [0, 0.05) is 36.1 Å². The first-order valence-corrected chi connectivity index (χ1v) is 13.3. The number of anilines is 1. The molecule has 0 aromatic heterocycles. The zero-order chi connectivity index (χ0) is 25.5. The summed E-state index contributed by atoms with van der Waals surface area (Å²) >= 11 is 12.2. The van der Waals surface area contributed by atoms with Gasteiger partial charge in [0.15, 0.2) is 0 Å². The normalized spacial score (nSPS) is 12.2. The van der Waals surface area contributed by atoms with Gasteiger partial charge in [-0.1, -0.05) is 41.4 Å². The van der Waals surface area contributed by atoms with Crippen LogP contribution >= 0.6 is 23.2 Å². The van der Waals surface area contributed by atoms with E-state index in [1.54, 1.807) is 32.0 Å². The summed E-state index contributed by atoms with van der Waals surface area (Å²) in [6, 6.07) is 9.61. The third-order valence-corrected chi connectivity index (χ3v) is 6.91. The molecule has 7 nitrogen and oxygen atoms in total. The third kappa shape index (κ3) is 7.58. The highest BCUT2D eigenvalue weighted by Crippen LogP contribution is 2.25. The predicted octanol–water partition coefficient (Wildman–Crippen LogP) is 4.23. The van der Waals surface area contributed by atoms with Crippen molar-refractivity contribution in [2.75, 3.05) is 23.7 Å². The minimum atomic E-state index is -3.78. The zero-order valence-corrected chi connectivity index (χ0v) is 21.6. The molecule has 0 aliphatic carbocycles. The first-order valence-electron chi connectivity index (χ1n) is 10.7. The Labute approximate surface area is 209 Å².